The van der Waals surface area contributed by atoms with Crippen molar-refractivity contribution in [3.8, 4) is 11.4 Å². The molecule has 0 aliphatic rings. The fraction of sp³-hybridized carbons (Fsp3) is 0.143. The SMILES string of the molecule is CCNc1nc(-c2ccsc2)nc2ccccc12. The van der Waals surface area contributed by atoms with Gasteiger partial charge in [0.05, 0.1) is 5.52 Å². The van der Waals surface area contributed by atoms with Crippen LogP contribution in [0.2, 0.25) is 0 Å². The van der Waals surface area contributed by atoms with E-state index in [0.29, 0.717) is 0 Å². The van der Waals surface area contributed by atoms with Gasteiger partial charge < -0.3 is 5.32 Å². The largest absolute Gasteiger partial charge is 0.370 e. The van der Waals surface area contributed by atoms with Crippen LogP contribution in [-0.2, 0) is 0 Å². The van der Waals surface area contributed by atoms with Crippen molar-refractivity contribution in [1.29, 1.82) is 0 Å². The van der Waals surface area contributed by atoms with Crippen LogP contribution in [0, 0.1) is 0 Å². The molecule has 0 aliphatic heterocycles. The van der Waals surface area contributed by atoms with Gasteiger partial charge in [0.15, 0.2) is 5.82 Å². The topological polar surface area (TPSA) is 37.8 Å². The van der Waals surface area contributed by atoms with E-state index in [9.17, 15) is 0 Å². The number of fused-ring (bicyclic) bond motifs is 1. The summed E-state index contributed by atoms with van der Waals surface area (Å²) < 4.78 is 0. The summed E-state index contributed by atoms with van der Waals surface area (Å²) in [6.07, 6.45) is 0. The number of nitrogens with one attached hydrogen (secondary N) is 1. The molecular formula is C14H13N3S. The van der Waals surface area contributed by atoms with Crippen LogP contribution >= 0.6 is 11.3 Å². The van der Waals surface area contributed by atoms with Crippen LogP contribution in [-0.4, -0.2) is 16.5 Å². The quantitative estimate of drug-likeness (QED) is 0.773. The first-order chi connectivity index (χ1) is 8.88. The molecule has 4 heteroatoms. The van der Waals surface area contributed by atoms with Crippen molar-refractivity contribution >= 4 is 28.1 Å². The molecular weight excluding hydrogens is 242 g/mol. The molecule has 0 aliphatic carbocycles. The summed E-state index contributed by atoms with van der Waals surface area (Å²) in [5.74, 6) is 1.69. The first-order valence-corrected chi connectivity index (χ1v) is 6.86. The fourth-order valence-corrected chi connectivity index (χ4v) is 2.53. The number of aromatic nitrogens is 2. The Hall–Kier alpha value is -1.94. The minimum absolute atomic E-state index is 0.783. The van der Waals surface area contributed by atoms with Gasteiger partial charge in [-0.2, -0.15) is 11.3 Å². The molecule has 2 heterocycles. The Morgan fingerprint density at radius 3 is 2.83 bits per heavy atom. The molecule has 0 spiro atoms. The molecule has 0 unspecified atom stereocenters. The van der Waals surface area contributed by atoms with E-state index in [1.165, 1.54) is 0 Å². The van der Waals surface area contributed by atoms with E-state index >= 15 is 0 Å². The third-order valence-electron chi connectivity index (χ3n) is 2.73. The molecule has 2 aromatic heterocycles. The van der Waals surface area contributed by atoms with E-state index in [1.807, 2.05) is 35.7 Å². The second-order valence-corrected chi connectivity index (χ2v) is 4.74. The van der Waals surface area contributed by atoms with Gasteiger partial charge in [-0.15, -0.1) is 0 Å². The maximum atomic E-state index is 4.62. The predicted octanol–water partition coefficient (Wildman–Crippen LogP) is 3.79. The van der Waals surface area contributed by atoms with Crippen LogP contribution in [0.25, 0.3) is 22.3 Å². The molecule has 1 aromatic carbocycles. The van der Waals surface area contributed by atoms with E-state index in [-0.39, 0.29) is 0 Å². The van der Waals surface area contributed by atoms with Crippen LogP contribution in [0.1, 0.15) is 6.92 Å². The molecule has 0 radical (unpaired) electrons. The van der Waals surface area contributed by atoms with E-state index in [1.54, 1.807) is 11.3 Å². The Morgan fingerprint density at radius 1 is 1.17 bits per heavy atom. The summed E-state index contributed by atoms with van der Waals surface area (Å²) in [7, 11) is 0. The van der Waals surface area contributed by atoms with E-state index < -0.39 is 0 Å². The third-order valence-corrected chi connectivity index (χ3v) is 3.41. The molecule has 1 N–H and O–H groups in total. The highest BCUT2D eigenvalue weighted by molar-refractivity contribution is 7.08. The molecule has 0 fully saturated rings. The van der Waals surface area contributed by atoms with Crippen molar-refractivity contribution in [1.82, 2.24) is 9.97 Å². The van der Waals surface area contributed by atoms with E-state index in [2.05, 4.69) is 27.6 Å². The van der Waals surface area contributed by atoms with E-state index in [0.717, 1.165) is 34.7 Å². The maximum absolute atomic E-state index is 4.62. The first-order valence-electron chi connectivity index (χ1n) is 5.91. The van der Waals surface area contributed by atoms with Crippen LogP contribution in [0.4, 0.5) is 5.82 Å². The minimum Gasteiger partial charge on any atom is -0.370 e. The maximum Gasteiger partial charge on any atom is 0.162 e. The zero-order valence-corrected chi connectivity index (χ0v) is 10.9. The van der Waals surface area contributed by atoms with Gasteiger partial charge in [0.2, 0.25) is 0 Å². The lowest BCUT2D eigenvalue weighted by atomic mass is 10.2. The smallest absolute Gasteiger partial charge is 0.162 e. The highest BCUT2D eigenvalue weighted by Gasteiger charge is 2.08. The number of para-hydroxylation sites is 1. The first kappa shape index (κ1) is 11.2. The highest BCUT2D eigenvalue weighted by atomic mass is 32.1. The van der Waals surface area contributed by atoms with Crippen molar-refractivity contribution in [3.63, 3.8) is 0 Å². The van der Waals surface area contributed by atoms with Crippen molar-refractivity contribution in [2.24, 2.45) is 0 Å². The van der Waals surface area contributed by atoms with Gasteiger partial charge in [0.1, 0.15) is 5.82 Å². The number of thiophene rings is 1. The molecule has 0 amide bonds. The second-order valence-electron chi connectivity index (χ2n) is 3.96. The number of benzene rings is 1. The fourth-order valence-electron chi connectivity index (χ4n) is 1.90. The molecule has 3 nitrogen and oxygen atoms in total. The monoisotopic (exact) mass is 255 g/mol. The standard InChI is InChI=1S/C14H13N3S/c1-2-15-14-11-5-3-4-6-12(11)16-13(17-14)10-7-8-18-9-10/h3-9H,2H2,1H3,(H,15,16,17). The zero-order valence-electron chi connectivity index (χ0n) is 10.1. The highest BCUT2D eigenvalue weighted by Crippen LogP contribution is 2.25. The van der Waals surface area contributed by atoms with Gasteiger partial charge in [-0.05, 0) is 30.5 Å². The van der Waals surface area contributed by atoms with Gasteiger partial charge in [0, 0.05) is 22.9 Å². The van der Waals surface area contributed by atoms with Gasteiger partial charge in [-0.25, -0.2) is 9.97 Å². The molecule has 90 valence electrons. The van der Waals surface area contributed by atoms with Crippen LogP contribution in [0.3, 0.4) is 0 Å². The molecule has 18 heavy (non-hydrogen) atoms. The average Bonchev–Trinajstić information content (AvgIpc) is 2.93. The van der Waals surface area contributed by atoms with Crippen molar-refractivity contribution in [2.75, 3.05) is 11.9 Å². The molecule has 0 saturated carbocycles. The molecule has 3 rings (SSSR count). The molecule has 0 bridgehead atoms. The molecule has 3 aromatic rings. The Morgan fingerprint density at radius 2 is 2.06 bits per heavy atom. The van der Waals surface area contributed by atoms with Gasteiger partial charge >= 0.3 is 0 Å². The summed E-state index contributed by atoms with van der Waals surface area (Å²) in [4.78, 5) is 9.23. The number of rotatable bonds is 3. The zero-order chi connectivity index (χ0) is 12.4. The number of hydrogen-bond donors (Lipinski definition) is 1. The van der Waals surface area contributed by atoms with Gasteiger partial charge in [-0.1, -0.05) is 12.1 Å². The average molecular weight is 255 g/mol. The number of nitrogens with zero attached hydrogens (tertiary/aromatic N) is 2. The molecule has 0 saturated heterocycles. The normalized spacial score (nSPS) is 10.7. The Kier molecular flexibility index (Phi) is 2.94. The lowest BCUT2D eigenvalue weighted by Crippen LogP contribution is -2.02. The Labute approximate surface area is 110 Å². The Balaban J connectivity index is 2.23. The predicted molar refractivity (Wildman–Crippen MR) is 77.0 cm³/mol. The number of hydrogen-bond acceptors (Lipinski definition) is 4. The lowest BCUT2D eigenvalue weighted by Gasteiger charge is -2.08. The van der Waals surface area contributed by atoms with Crippen LogP contribution in [0.5, 0.6) is 0 Å². The van der Waals surface area contributed by atoms with Crippen molar-refractivity contribution < 1.29 is 0 Å². The summed E-state index contributed by atoms with van der Waals surface area (Å²) in [5.41, 5.74) is 2.05. The summed E-state index contributed by atoms with van der Waals surface area (Å²) >= 11 is 1.66. The lowest BCUT2D eigenvalue weighted by molar-refractivity contribution is 1.15. The third kappa shape index (κ3) is 1.95. The molecule has 0 atom stereocenters. The van der Waals surface area contributed by atoms with Crippen molar-refractivity contribution in [2.45, 2.75) is 6.92 Å². The number of anilines is 1. The summed E-state index contributed by atoms with van der Waals surface area (Å²) in [5, 5.41) is 8.48. The van der Waals surface area contributed by atoms with Crippen LogP contribution in [0.15, 0.2) is 41.1 Å². The summed E-state index contributed by atoms with van der Waals surface area (Å²) in [6.45, 7) is 2.92. The van der Waals surface area contributed by atoms with Gasteiger partial charge in [0.25, 0.3) is 0 Å². The summed E-state index contributed by atoms with van der Waals surface area (Å²) in [6, 6.07) is 10.1. The van der Waals surface area contributed by atoms with Gasteiger partial charge in [-0.3, -0.25) is 0 Å². The van der Waals surface area contributed by atoms with E-state index in [4.69, 9.17) is 0 Å². The second kappa shape index (κ2) is 4.74. The van der Waals surface area contributed by atoms with Crippen molar-refractivity contribution in [3.05, 3.63) is 41.1 Å². The minimum atomic E-state index is 0.783. The van der Waals surface area contributed by atoms with Crippen LogP contribution < -0.4 is 5.32 Å². The Bertz CT molecular complexity index is 662.